The molecule has 1 aliphatic rings. The Kier molecular flexibility index (Phi) is 5.85. The highest BCUT2D eigenvalue weighted by Gasteiger charge is 2.20. The lowest BCUT2D eigenvalue weighted by molar-refractivity contribution is 0.186. The number of piperidine rings is 1. The molecule has 2 heterocycles. The van der Waals surface area contributed by atoms with Crippen molar-refractivity contribution in [3.8, 4) is 5.75 Å². The van der Waals surface area contributed by atoms with Crippen LogP contribution in [0.25, 0.3) is 0 Å². The first-order valence-corrected chi connectivity index (χ1v) is 8.59. The molecule has 0 radical (unpaired) electrons. The van der Waals surface area contributed by atoms with Gasteiger partial charge in [0, 0.05) is 37.4 Å². The van der Waals surface area contributed by atoms with Crippen LogP contribution in [0, 0.1) is 0 Å². The number of primary amides is 1. The van der Waals surface area contributed by atoms with Crippen LogP contribution in [-0.2, 0) is 13.2 Å². The van der Waals surface area contributed by atoms with Crippen molar-refractivity contribution >= 4 is 6.03 Å². The van der Waals surface area contributed by atoms with Crippen molar-refractivity contribution in [3.05, 3.63) is 59.9 Å². The molecule has 3 N–H and O–H groups in total. The highest BCUT2D eigenvalue weighted by Crippen LogP contribution is 2.22. The summed E-state index contributed by atoms with van der Waals surface area (Å²) >= 11 is 0. The smallest absolute Gasteiger partial charge is 0.312 e. The van der Waals surface area contributed by atoms with Crippen LogP contribution < -0.4 is 15.8 Å². The van der Waals surface area contributed by atoms with E-state index in [-0.39, 0.29) is 6.04 Å². The third-order valence-corrected chi connectivity index (χ3v) is 4.40. The van der Waals surface area contributed by atoms with Crippen molar-refractivity contribution in [2.45, 2.75) is 32.0 Å². The van der Waals surface area contributed by atoms with Crippen molar-refractivity contribution in [1.82, 2.24) is 15.2 Å². The normalized spacial score (nSPS) is 15.7. The van der Waals surface area contributed by atoms with E-state index in [4.69, 9.17) is 10.5 Å². The Morgan fingerprint density at radius 1 is 1.20 bits per heavy atom. The zero-order valence-electron chi connectivity index (χ0n) is 14.2. The Balaban J connectivity index is 1.55. The number of aromatic nitrogens is 1. The molecule has 1 aromatic heterocycles. The zero-order chi connectivity index (χ0) is 17.5. The second kappa shape index (κ2) is 8.48. The zero-order valence-corrected chi connectivity index (χ0v) is 14.2. The molecule has 6 nitrogen and oxygen atoms in total. The summed E-state index contributed by atoms with van der Waals surface area (Å²) in [6.45, 7) is 3.16. The lowest BCUT2D eigenvalue weighted by atomic mass is 10.0. The molecule has 132 valence electrons. The van der Waals surface area contributed by atoms with E-state index in [1.807, 2.05) is 36.4 Å². The highest BCUT2D eigenvalue weighted by atomic mass is 16.5. The number of likely N-dealkylation sites (tertiary alicyclic amines) is 1. The number of urea groups is 1. The maximum Gasteiger partial charge on any atom is 0.312 e. The number of nitrogens with zero attached hydrogens (tertiary/aromatic N) is 2. The van der Waals surface area contributed by atoms with Crippen molar-refractivity contribution in [3.63, 3.8) is 0 Å². The molecular formula is C19H24N4O2. The van der Waals surface area contributed by atoms with Crippen LogP contribution in [0.2, 0.25) is 0 Å². The number of rotatable bonds is 6. The van der Waals surface area contributed by atoms with Crippen molar-refractivity contribution in [2.24, 2.45) is 5.73 Å². The number of pyridine rings is 1. The van der Waals surface area contributed by atoms with Gasteiger partial charge in [-0.3, -0.25) is 9.88 Å². The summed E-state index contributed by atoms with van der Waals surface area (Å²) in [6.07, 6.45) is 3.61. The van der Waals surface area contributed by atoms with Crippen LogP contribution in [-0.4, -0.2) is 35.0 Å². The van der Waals surface area contributed by atoms with Crippen LogP contribution in [0.15, 0.2) is 48.7 Å². The van der Waals surface area contributed by atoms with Crippen LogP contribution in [0.1, 0.15) is 24.1 Å². The standard InChI is InChI=1S/C19H24N4O2/c20-19(24)22-16-8-11-23(12-9-16)13-15-5-1-2-7-18(15)25-14-17-6-3-4-10-21-17/h1-7,10,16H,8-9,11-14H2,(H3,20,22,24). The third-order valence-electron chi connectivity index (χ3n) is 4.40. The number of nitrogens with one attached hydrogen (secondary N) is 1. The number of nitrogens with two attached hydrogens (primary N) is 1. The van der Waals surface area contributed by atoms with E-state index in [2.05, 4.69) is 21.3 Å². The Bertz CT molecular complexity index is 685. The van der Waals surface area contributed by atoms with Crippen LogP contribution in [0.4, 0.5) is 4.79 Å². The van der Waals surface area contributed by atoms with Gasteiger partial charge in [0.2, 0.25) is 0 Å². The molecule has 1 aromatic carbocycles. The van der Waals surface area contributed by atoms with Gasteiger partial charge in [0.15, 0.2) is 0 Å². The summed E-state index contributed by atoms with van der Waals surface area (Å²) in [7, 11) is 0. The molecule has 0 unspecified atom stereocenters. The van der Waals surface area contributed by atoms with Gasteiger partial charge in [0.05, 0.1) is 5.69 Å². The van der Waals surface area contributed by atoms with E-state index in [9.17, 15) is 4.79 Å². The molecule has 0 spiro atoms. The largest absolute Gasteiger partial charge is 0.487 e. The summed E-state index contributed by atoms with van der Waals surface area (Å²) < 4.78 is 5.98. The van der Waals surface area contributed by atoms with Gasteiger partial charge >= 0.3 is 6.03 Å². The summed E-state index contributed by atoms with van der Waals surface area (Å²) in [5, 5.41) is 2.80. The van der Waals surface area contributed by atoms with Gasteiger partial charge in [0.1, 0.15) is 12.4 Å². The molecule has 3 rings (SSSR count). The number of benzene rings is 1. The average Bonchev–Trinajstić information content (AvgIpc) is 2.63. The molecule has 1 aliphatic heterocycles. The van der Waals surface area contributed by atoms with E-state index in [1.165, 1.54) is 5.56 Å². The van der Waals surface area contributed by atoms with Gasteiger partial charge < -0.3 is 15.8 Å². The minimum Gasteiger partial charge on any atom is -0.487 e. The minimum absolute atomic E-state index is 0.185. The monoisotopic (exact) mass is 340 g/mol. The fourth-order valence-electron chi connectivity index (χ4n) is 3.09. The van der Waals surface area contributed by atoms with Gasteiger partial charge in [-0.2, -0.15) is 0 Å². The maximum atomic E-state index is 10.9. The molecule has 2 aromatic rings. The quantitative estimate of drug-likeness (QED) is 0.845. The number of para-hydroxylation sites is 1. The summed E-state index contributed by atoms with van der Waals surface area (Å²) in [6, 6.07) is 13.7. The second-order valence-electron chi connectivity index (χ2n) is 6.28. The first kappa shape index (κ1) is 17.2. The van der Waals surface area contributed by atoms with Crippen molar-refractivity contribution in [1.29, 1.82) is 0 Å². The lowest BCUT2D eigenvalue weighted by Gasteiger charge is -2.32. The Morgan fingerprint density at radius 2 is 1.96 bits per heavy atom. The van der Waals surface area contributed by atoms with Crippen LogP contribution in [0.5, 0.6) is 5.75 Å². The molecule has 1 fully saturated rings. The average molecular weight is 340 g/mol. The van der Waals surface area contributed by atoms with E-state index < -0.39 is 6.03 Å². The molecule has 0 aliphatic carbocycles. The molecule has 6 heteroatoms. The number of carbonyl (C=O) groups excluding carboxylic acids is 1. The fourth-order valence-corrected chi connectivity index (χ4v) is 3.09. The second-order valence-corrected chi connectivity index (χ2v) is 6.28. The number of hydrogen-bond donors (Lipinski definition) is 2. The van der Waals surface area contributed by atoms with E-state index >= 15 is 0 Å². The first-order valence-electron chi connectivity index (χ1n) is 8.59. The highest BCUT2D eigenvalue weighted by molar-refractivity contribution is 5.71. The predicted molar refractivity (Wildman–Crippen MR) is 96.0 cm³/mol. The Labute approximate surface area is 148 Å². The van der Waals surface area contributed by atoms with Gasteiger partial charge in [-0.25, -0.2) is 4.79 Å². The third kappa shape index (κ3) is 5.19. The van der Waals surface area contributed by atoms with Gasteiger partial charge in [-0.05, 0) is 31.0 Å². The summed E-state index contributed by atoms with van der Waals surface area (Å²) in [5.74, 6) is 0.894. The Morgan fingerprint density at radius 3 is 2.68 bits per heavy atom. The molecule has 1 saturated heterocycles. The number of ether oxygens (including phenoxy) is 1. The van der Waals surface area contributed by atoms with Gasteiger partial charge in [0.25, 0.3) is 0 Å². The lowest BCUT2D eigenvalue weighted by Crippen LogP contribution is -2.46. The van der Waals surface area contributed by atoms with Crippen molar-refractivity contribution < 1.29 is 9.53 Å². The van der Waals surface area contributed by atoms with Crippen LogP contribution >= 0.6 is 0 Å². The summed E-state index contributed by atoms with van der Waals surface area (Å²) in [4.78, 5) is 17.6. The number of carbonyl (C=O) groups is 1. The Hall–Kier alpha value is -2.60. The topological polar surface area (TPSA) is 80.5 Å². The molecule has 0 atom stereocenters. The molecule has 0 saturated carbocycles. The van der Waals surface area contributed by atoms with E-state index in [1.54, 1.807) is 6.20 Å². The number of amides is 2. The minimum atomic E-state index is -0.438. The van der Waals surface area contributed by atoms with E-state index in [0.29, 0.717) is 6.61 Å². The fraction of sp³-hybridized carbons (Fsp3) is 0.368. The SMILES string of the molecule is NC(=O)NC1CCN(Cc2ccccc2OCc2ccccn2)CC1. The molecular weight excluding hydrogens is 316 g/mol. The van der Waals surface area contributed by atoms with E-state index in [0.717, 1.165) is 43.9 Å². The summed E-state index contributed by atoms with van der Waals surface area (Å²) in [5.41, 5.74) is 7.28. The first-order chi connectivity index (χ1) is 12.2. The molecule has 2 amide bonds. The molecule has 25 heavy (non-hydrogen) atoms. The van der Waals surface area contributed by atoms with Crippen molar-refractivity contribution in [2.75, 3.05) is 13.1 Å². The maximum absolute atomic E-state index is 10.9. The molecule has 0 bridgehead atoms. The number of hydrogen-bond acceptors (Lipinski definition) is 4. The van der Waals surface area contributed by atoms with Crippen LogP contribution in [0.3, 0.4) is 0 Å². The van der Waals surface area contributed by atoms with Gasteiger partial charge in [-0.15, -0.1) is 0 Å². The predicted octanol–water partition coefficient (Wildman–Crippen LogP) is 2.29. The van der Waals surface area contributed by atoms with Gasteiger partial charge in [-0.1, -0.05) is 24.3 Å².